The highest BCUT2D eigenvalue weighted by Crippen LogP contribution is 2.25. The molecule has 1 aliphatic rings. The van der Waals surface area contributed by atoms with Crippen LogP contribution in [-0.4, -0.2) is 28.8 Å². The highest BCUT2D eigenvalue weighted by atomic mass is 16.5. The lowest BCUT2D eigenvalue weighted by Gasteiger charge is -2.22. The van der Waals surface area contributed by atoms with Gasteiger partial charge in [-0.15, -0.1) is 0 Å². The van der Waals surface area contributed by atoms with Gasteiger partial charge in [-0.3, -0.25) is 9.48 Å². The van der Waals surface area contributed by atoms with E-state index in [2.05, 4.69) is 23.6 Å². The van der Waals surface area contributed by atoms with E-state index in [1.807, 2.05) is 54.1 Å². The van der Waals surface area contributed by atoms with E-state index >= 15 is 0 Å². The first-order chi connectivity index (χ1) is 13.2. The summed E-state index contributed by atoms with van der Waals surface area (Å²) in [4.78, 5) is 12.5. The van der Waals surface area contributed by atoms with Crippen LogP contribution in [0.2, 0.25) is 0 Å². The number of ether oxygens (including phenoxy) is 1. The summed E-state index contributed by atoms with van der Waals surface area (Å²) in [6, 6.07) is 17.9. The van der Waals surface area contributed by atoms with Crippen LogP contribution in [0.25, 0.3) is 0 Å². The number of nitrogens with one attached hydrogen (secondary N) is 1. The van der Waals surface area contributed by atoms with Crippen molar-refractivity contribution in [2.45, 2.75) is 26.0 Å². The van der Waals surface area contributed by atoms with Crippen molar-refractivity contribution in [3.63, 3.8) is 0 Å². The van der Waals surface area contributed by atoms with Crippen molar-refractivity contribution >= 4 is 5.91 Å². The van der Waals surface area contributed by atoms with Gasteiger partial charge in [-0.2, -0.15) is 5.10 Å². The molecule has 4 rings (SSSR count). The van der Waals surface area contributed by atoms with Crippen LogP contribution in [-0.2, 0) is 17.7 Å². The highest BCUT2D eigenvalue weighted by Gasteiger charge is 2.25. The Hall–Kier alpha value is -2.92. The van der Waals surface area contributed by atoms with Crippen LogP contribution < -0.4 is 5.32 Å². The Balaban J connectivity index is 1.45. The lowest BCUT2D eigenvalue weighted by atomic mass is 10.1. The number of amides is 1. The van der Waals surface area contributed by atoms with E-state index in [1.165, 1.54) is 11.1 Å². The minimum absolute atomic E-state index is 0.0764. The fourth-order valence-corrected chi connectivity index (χ4v) is 3.45. The van der Waals surface area contributed by atoms with Gasteiger partial charge in [-0.1, -0.05) is 48.5 Å². The summed E-state index contributed by atoms with van der Waals surface area (Å²) in [6.07, 6.45) is 2.74. The van der Waals surface area contributed by atoms with Crippen molar-refractivity contribution < 1.29 is 9.53 Å². The fourth-order valence-electron chi connectivity index (χ4n) is 3.45. The van der Waals surface area contributed by atoms with Gasteiger partial charge in [0.15, 0.2) is 0 Å². The Kier molecular flexibility index (Phi) is 5.03. The van der Waals surface area contributed by atoms with E-state index in [1.54, 1.807) is 0 Å². The van der Waals surface area contributed by atoms with E-state index in [0.717, 1.165) is 24.2 Å². The number of nitrogens with zero attached hydrogens (tertiary/aromatic N) is 2. The standard InChI is InChI=1S/C22H23N3O2/c1-16-7-5-6-10-19(16)22(26)23-13-20-21-18(11-12-27-20)15-25(24-21)14-17-8-3-2-4-9-17/h2-10,15,20H,11-14H2,1H3,(H,23,26). The van der Waals surface area contributed by atoms with Gasteiger partial charge in [-0.05, 0) is 36.1 Å². The Morgan fingerprint density at radius 2 is 1.96 bits per heavy atom. The number of rotatable bonds is 5. The molecule has 2 heterocycles. The van der Waals surface area contributed by atoms with E-state index in [0.29, 0.717) is 18.7 Å². The number of fused-ring (bicyclic) bond motifs is 1. The van der Waals surface area contributed by atoms with Crippen LogP contribution in [0.5, 0.6) is 0 Å². The molecule has 0 saturated heterocycles. The van der Waals surface area contributed by atoms with E-state index in [-0.39, 0.29) is 12.0 Å². The molecule has 138 valence electrons. The monoisotopic (exact) mass is 361 g/mol. The van der Waals surface area contributed by atoms with Crippen molar-refractivity contribution in [2.75, 3.05) is 13.2 Å². The van der Waals surface area contributed by atoms with Crippen molar-refractivity contribution in [1.82, 2.24) is 15.1 Å². The van der Waals surface area contributed by atoms with Gasteiger partial charge in [0.1, 0.15) is 6.10 Å². The van der Waals surface area contributed by atoms with Crippen LogP contribution >= 0.6 is 0 Å². The van der Waals surface area contributed by atoms with Gasteiger partial charge in [0.2, 0.25) is 0 Å². The number of carbonyl (C=O) groups is 1. The van der Waals surface area contributed by atoms with Gasteiger partial charge in [0, 0.05) is 18.3 Å². The molecule has 0 saturated carbocycles. The number of hydrogen-bond acceptors (Lipinski definition) is 3. The normalized spacial score (nSPS) is 16.0. The lowest BCUT2D eigenvalue weighted by Crippen LogP contribution is -2.32. The summed E-state index contributed by atoms with van der Waals surface area (Å²) < 4.78 is 7.86. The summed E-state index contributed by atoms with van der Waals surface area (Å²) in [5.41, 5.74) is 5.01. The molecule has 27 heavy (non-hydrogen) atoms. The van der Waals surface area contributed by atoms with Crippen LogP contribution in [0, 0.1) is 6.92 Å². The molecule has 1 aromatic heterocycles. The van der Waals surface area contributed by atoms with Crippen molar-refractivity contribution in [3.05, 3.63) is 88.7 Å². The zero-order valence-corrected chi connectivity index (χ0v) is 15.4. The van der Waals surface area contributed by atoms with Crippen LogP contribution in [0.1, 0.15) is 38.8 Å². The molecule has 1 atom stereocenters. The molecule has 0 aliphatic carbocycles. The molecular weight excluding hydrogens is 338 g/mol. The van der Waals surface area contributed by atoms with Crippen LogP contribution in [0.4, 0.5) is 0 Å². The molecule has 0 fully saturated rings. The second-order valence-electron chi connectivity index (χ2n) is 6.86. The van der Waals surface area contributed by atoms with Gasteiger partial charge in [-0.25, -0.2) is 0 Å². The second kappa shape index (κ2) is 7.76. The Morgan fingerprint density at radius 3 is 2.78 bits per heavy atom. The number of carbonyl (C=O) groups excluding carboxylic acids is 1. The second-order valence-corrected chi connectivity index (χ2v) is 6.86. The number of aromatic nitrogens is 2. The molecule has 1 unspecified atom stereocenters. The SMILES string of the molecule is Cc1ccccc1C(=O)NCC1OCCc2cn(Cc3ccccc3)nc21. The summed E-state index contributed by atoms with van der Waals surface area (Å²) in [7, 11) is 0. The quantitative estimate of drug-likeness (QED) is 0.759. The third kappa shape index (κ3) is 3.93. The molecular formula is C22H23N3O2. The fraction of sp³-hybridized carbons (Fsp3) is 0.273. The Morgan fingerprint density at radius 1 is 1.19 bits per heavy atom. The first-order valence-electron chi connectivity index (χ1n) is 9.26. The zero-order chi connectivity index (χ0) is 18.6. The molecule has 2 aromatic carbocycles. The van der Waals surface area contributed by atoms with Crippen molar-refractivity contribution in [3.8, 4) is 0 Å². The zero-order valence-electron chi connectivity index (χ0n) is 15.4. The predicted octanol–water partition coefficient (Wildman–Crippen LogP) is 3.28. The average Bonchev–Trinajstić information content (AvgIpc) is 3.10. The lowest BCUT2D eigenvalue weighted by molar-refractivity contribution is 0.0383. The van der Waals surface area contributed by atoms with Gasteiger partial charge < -0.3 is 10.1 Å². The van der Waals surface area contributed by atoms with Gasteiger partial charge in [0.05, 0.1) is 18.8 Å². The first kappa shape index (κ1) is 17.5. The molecule has 5 heteroatoms. The minimum Gasteiger partial charge on any atom is -0.370 e. The molecule has 0 bridgehead atoms. The van der Waals surface area contributed by atoms with E-state index in [9.17, 15) is 4.79 Å². The number of aryl methyl sites for hydroxylation is 1. The van der Waals surface area contributed by atoms with Crippen LogP contribution in [0.3, 0.4) is 0 Å². The van der Waals surface area contributed by atoms with Crippen molar-refractivity contribution in [2.24, 2.45) is 0 Å². The highest BCUT2D eigenvalue weighted by molar-refractivity contribution is 5.95. The third-order valence-corrected chi connectivity index (χ3v) is 4.89. The van der Waals surface area contributed by atoms with E-state index < -0.39 is 0 Å². The molecule has 0 spiro atoms. The molecule has 1 N–H and O–H groups in total. The maximum Gasteiger partial charge on any atom is 0.251 e. The predicted molar refractivity (Wildman–Crippen MR) is 104 cm³/mol. The summed E-state index contributed by atoms with van der Waals surface area (Å²) in [5, 5.41) is 7.73. The first-order valence-corrected chi connectivity index (χ1v) is 9.26. The van der Waals surface area contributed by atoms with Crippen molar-refractivity contribution in [1.29, 1.82) is 0 Å². The summed E-state index contributed by atoms with van der Waals surface area (Å²) in [6.45, 7) is 3.74. The number of hydrogen-bond donors (Lipinski definition) is 1. The maximum atomic E-state index is 12.5. The van der Waals surface area contributed by atoms with Crippen LogP contribution in [0.15, 0.2) is 60.8 Å². The summed E-state index contributed by atoms with van der Waals surface area (Å²) in [5.74, 6) is -0.0764. The third-order valence-electron chi connectivity index (χ3n) is 4.89. The Bertz CT molecular complexity index is 934. The van der Waals surface area contributed by atoms with Gasteiger partial charge in [0.25, 0.3) is 5.91 Å². The minimum atomic E-state index is -0.209. The average molecular weight is 361 g/mol. The molecule has 1 aliphatic heterocycles. The van der Waals surface area contributed by atoms with Gasteiger partial charge >= 0.3 is 0 Å². The topological polar surface area (TPSA) is 56.1 Å². The maximum absolute atomic E-state index is 12.5. The smallest absolute Gasteiger partial charge is 0.251 e. The van der Waals surface area contributed by atoms with E-state index in [4.69, 9.17) is 9.84 Å². The molecule has 3 aromatic rings. The largest absolute Gasteiger partial charge is 0.370 e. The molecule has 1 amide bonds. The molecule has 5 nitrogen and oxygen atoms in total. The summed E-state index contributed by atoms with van der Waals surface area (Å²) >= 11 is 0. The Labute approximate surface area is 159 Å². The molecule has 0 radical (unpaired) electrons. The number of benzene rings is 2.